The third-order valence-electron chi connectivity index (χ3n) is 5.48. The number of rotatable bonds is 7. The Balaban J connectivity index is 1.57. The SMILES string of the molecule is Cc1ccc(-n2c(SCc3ccccc3C)nnc2C(C)NC(=O)Nc2ccc(F)c(Cl)c2)cc1. The van der Waals surface area contributed by atoms with E-state index in [1.165, 1.54) is 29.3 Å². The minimum absolute atomic E-state index is 0.0646. The number of aryl methyl sites for hydroxylation is 2. The fraction of sp³-hybridized carbons (Fsp3) is 0.192. The molecule has 9 heteroatoms. The number of anilines is 1. The Morgan fingerprint density at radius 1 is 1.09 bits per heavy atom. The number of carbonyl (C=O) groups is 1. The molecule has 0 saturated heterocycles. The predicted molar refractivity (Wildman–Crippen MR) is 139 cm³/mol. The topological polar surface area (TPSA) is 71.8 Å². The quantitative estimate of drug-likeness (QED) is 0.267. The molecule has 2 N–H and O–H groups in total. The number of nitrogens with one attached hydrogen (secondary N) is 2. The lowest BCUT2D eigenvalue weighted by atomic mass is 10.1. The van der Waals surface area contributed by atoms with Crippen LogP contribution in [0.15, 0.2) is 71.9 Å². The van der Waals surface area contributed by atoms with Gasteiger partial charge in [-0.3, -0.25) is 4.57 Å². The number of hydrogen-bond donors (Lipinski definition) is 2. The summed E-state index contributed by atoms with van der Waals surface area (Å²) in [6.07, 6.45) is 0. The normalized spacial score (nSPS) is 11.8. The Morgan fingerprint density at radius 2 is 1.83 bits per heavy atom. The van der Waals surface area contributed by atoms with E-state index in [-0.39, 0.29) is 5.02 Å². The maximum atomic E-state index is 13.4. The van der Waals surface area contributed by atoms with Gasteiger partial charge in [0.05, 0.1) is 11.1 Å². The van der Waals surface area contributed by atoms with Crippen molar-refractivity contribution in [3.63, 3.8) is 0 Å². The average Bonchev–Trinajstić information content (AvgIpc) is 3.25. The molecule has 3 aromatic carbocycles. The monoisotopic (exact) mass is 509 g/mol. The van der Waals surface area contributed by atoms with Crippen LogP contribution in [0.1, 0.15) is 35.5 Å². The summed E-state index contributed by atoms with van der Waals surface area (Å²) in [4.78, 5) is 12.6. The highest BCUT2D eigenvalue weighted by molar-refractivity contribution is 7.98. The van der Waals surface area contributed by atoms with Crippen LogP contribution in [0.4, 0.5) is 14.9 Å². The van der Waals surface area contributed by atoms with E-state index in [9.17, 15) is 9.18 Å². The van der Waals surface area contributed by atoms with Gasteiger partial charge in [-0.25, -0.2) is 9.18 Å². The lowest BCUT2D eigenvalue weighted by Crippen LogP contribution is -2.32. The maximum Gasteiger partial charge on any atom is 0.319 e. The van der Waals surface area contributed by atoms with E-state index in [2.05, 4.69) is 39.9 Å². The molecule has 4 aromatic rings. The highest BCUT2D eigenvalue weighted by atomic mass is 35.5. The molecule has 180 valence electrons. The van der Waals surface area contributed by atoms with Crippen molar-refractivity contribution in [1.82, 2.24) is 20.1 Å². The molecule has 0 bridgehead atoms. The molecule has 1 atom stereocenters. The third kappa shape index (κ3) is 6.01. The number of thioether (sulfide) groups is 1. The van der Waals surface area contributed by atoms with Crippen molar-refractivity contribution in [3.8, 4) is 5.69 Å². The summed E-state index contributed by atoms with van der Waals surface area (Å²) in [5, 5.41) is 15.1. The van der Waals surface area contributed by atoms with Crippen molar-refractivity contribution >= 4 is 35.1 Å². The van der Waals surface area contributed by atoms with Crippen LogP contribution in [0.2, 0.25) is 5.02 Å². The molecule has 0 aliphatic heterocycles. The molecule has 0 aliphatic rings. The minimum atomic E-state index is -0.548. The number of hydrogen-bond acceptors (Lipinski definition) is 4. The fourth-order valence-electron chi connectivity index (χ4n) is 3.51. The molecule has 0 spiro atoms. The van der Waals surface area contributed by atoms with Crippen molar-refractivity contribution < 1.29 is 9.18 Å². The van der Waals surface area contributed by atoms with Gasteiger partial charge in [-0.15, -0.1) is 10.2 Å². The van der Waals surface area contributed by atoms with Crippen LogP contribution in [-0.2, 0) is 5.75 Å². The molecule has 6 nitrogen and oxygen atoms in total. The van der Waals surface area contributed by atoms with Gasteiger partial charge in [0.2, 0.25) is 0 Å². The number of amides is 2. The van der Waals surface area contributed by atoms with Gasteiger partial charge in [-0.2, -0.15) is 0 Å². The lowest BCUT2D eigenvalue weighted by molar-refractivity contribution is 0.249. The molecule has 0 radical (unpaired) electrons. The van der Waals surface area contributed by atoms with Crippen molar-refractivity contribution in [3.05, 3.63) is 100 Å². The average molecular weight is 510 g/mol. The van der Waals surface area contributed by atoms with E-state index in [1.807, 2.05) is 54.8 Å². The molecule has 2 amide bonds. The Kier molecular flexibility index (Phi) is 7.73. The summed E-state index contributed by atoms with van der Waals surface area (Å²) >= 11 is 7.40. The van der Waals surface area contributed by atoms with Gasteiger partial charge < -0.3 is 10.6 Å². The van der Waals surface area contributed by atoms with Crippen LogP contribution < -0.4 is 10.6 Å². The number of nitrogens with zero attached hydrogens (tertiary/aromatic N) is 3. The smallest absolute Gasteiger partial charge is 0.319 e. The number of benzene rings is 3. The van der Waals surface area contributed by atoms with Crippen molar-refractivity contribution in [2.45, 2.75) is 37.7 Å². The van der Waals surface area contributed by atoms with Crippen molar-refractivity contribution in [2.24, 2.45) is 0 Å². The number of aromatic nitrogens is 3. The van der Waals surface area contributed by atoms with Crippen molar-refractivity contribution in [1.29, 1.82) is 0 Å². The fourth-order valence-corrected chi connectivity index (χ4v) is 4.72. The maximum absolute atomic E-state index is 13.4. The molecule has 1 unspecified atom stereocenters. The summed E-state index contributed by atoms with van der Waals surface area (Å²) in [5.41, 5.74) is 4.87. The van der Waals surface area contributed by atoms with E-state index >= 15 is 0 Å². The highest BCUT2D eigenvalue weighted by Gasteiger charge is 2.21. The largest absolute Gasteiger partial charge is 0.328 e. The first-order valence-corrected chi connectivity index (χ1v) is 12.4. The van der Waals surface area contributed by atoms with Gasteiger partial charge in [0.1, 0.15) is 5.82 Å². The van der Waals surface area contributed by atoms with Gasteiger partial charge in [0.15, 0.2) is 11.0 Å². The summed E-state index contributed by atoms with van der Waals surface area (Å²) in [6.45, 7) is 5.95. The molecule has 4 rings (SSSR count). The zero-order valence-electron chi connectivity index (χ0n) is 19.5. The van der Waals surface area contributed by atoms with Gasteiger partial charge in [-0.05, 0) is 62.2 Å². The van der Waals surface area contributed by atoms with Crippen LogP contribution in [0, 0.1) is 19.7 Å². The van der Waals surface area contributed by atoms with Gasteiger partial charge in [0, 0.05) is 17.1 Å². The second kappa shape index (κ2) is 10.9. The van der Waals surface area contributed by atoms with Crippen LogP contribution in [0.25, 0.3) is 5.69 Å². The lowest BCUT2D eigenvalue weighted by Gasteiger charge is -2.17. The standard InChI is InChI=1S/C26H25ClFN5OS/c1-16-8-11-21(12-9-16)33-24(31-32-26(33)35-15-19-7-5-4-6-17(19)2)18(3)29-25(34)30-20-10-13-23(28)22(27)14-20/h4-14,18H,15H2,1-3H3,(H2,29,30,34). The third-order valence-corrected chi connectivity index (χ3v) is 6.75. The summed E-state index contributed by atoms with van der Waals surface area (Å²) in [7, 11) is 0. The molecule has 0 aliphatic carbocycles. The number of urea groups is 1. The molecule has 1 aromatic heterocycles. The van der Waals surface area contributed by atoms with Crippen molar-refractivity contribution in [2.75, 3.05) is 5.32 Å². The second-order valence-electron chi connectivity index (χ2n) is 8.18. The number of carbonyl (C=O) groups excluding carboxylic acids is 1. The Bertz CT molecular complexity index is 1340. The Morgan fingerprint density at radius 3 is 2.54 bits per heavy atom. The van der Waals surface area contributed by atoms with Crippen LogP contribution in [0.5, 0.6) is 0 Å². The second-order valence-corrected chi connectivity index (χ2v) is 9.53. The number of halogens is 2. The predicted octanol–water partition coefficient (Wildman–Crippen LogP) is 6.85. The molecular weight excluding hydrogens is 485 g/mol. The summed E-state index contributed by atoms with van der Waals surface area (Å²) in [6, 6.07) is 19.4. The molecule has 1 heterocycles. The van der Waals surface area contributed by atoms with Gasteiger partial charge >= 0.3 is 6.03 Å². The Hall–Kier alpha value is -3.36. The van der Waals surface area contributed by atoms with E-state index in [0.29, 0.717) is 11.5 Å². The van der Waals surface area contributed by atoms with Crippen LogP contribution in [-0.4, -0.2) is 20.8 Å². The summed E-state index contributed by atoms with van der Waals surface area (Å²) < 4.78 is 15.4. The molecule has 0 fully saturated rings. The van der Waals surface area contributed by atoms with E-state index in [0.717, 1.165) is 22.2 Å². The first kappa shape index (κ1) is 24.8. The van der Waals surface area contributed by atoms with E-state index in [1.54, 1.807) is 11.8 Å². The first-order chi connectivity index (χ1) is 16.8. The van der Waals surface area contributed by atoms with Gasteiger partial charge in [-0.1, -0.05) is 65.3 Å². The van der Waals surface area contributed by atoms with Crippen LogP contribution >= 0.6 is 23.4 Å². The zero-order chi connectivity index (χ0) is 24.9. The van der Waals surface area contributed by atoms with Gasteiger partial charge in [0.25, 0.3) is 0 Å². The molecule has 35 heavy (non-hydrogen) atoms. The Labute approximate surface area is 212 Å². The zero-order valence-corrected chi connectivity index (χ0v) is 21.1. The highest BCUT2D eigenvalue weighted by Crippen LogP contribution is 2.28. The molecule has 0 saturated carbocycles. The van der Waals surface area contributed by atoms with E-state index < -0.39 is 17.9 Å². The summed E-state index contributed by atoms with van der Waals surface area (Å²) in [5.74, 6) is 0.783. The first-order valence-electron chi connectivity index (χ1n) is 11.0. The van der Waals surface area contributed by atoms with E-state index in [4.69, 9.17) is 11.6 Å². The minimum Gasteiger partial charge on any atom is -0.328 e. The van der Waals surface area contributed by atoms with Crippen LogP contribution in [0.3, 0.4) is 0 Å². The molecular formula is C26H25ClFN5OS.